The van der Waals surface area contributed by atoms with Gasteiger partial charge in [0, 0.05) is 10.6 Å². The standard InChI is InChI=1S/C17H15ClFN5O/c1-11(14-4-2-3-5-15(14)18)20-16(25)10-24-22-17(21-23-24)12-6-8-13(19)9-7-12/h2-9,11H,10H2,1H3,(H,20,25)/t11-/m1/s1. The number of amides is 1. The number of rotatable bonds is 5. The summed E-state index contributed by atoms with van der Waals surface area (Å²) >= 11 is 6.13. The third kappa shape index (κ3) is 4.19. The Morgan fingerprint density at radius 3 is 2.68 bits per heavy atom. The molecule has 0 unspecified atom stereocenters. The van der Waals surface area contributed by atoms with Crippen LogP contribution in [0.2, 0.25) is 5.02 Å². The molecular weight excluding hydrogens is 345 g/mol. The first-order valence-electron chi connectivity index (χ1n) is 7.60. The summed E-state index contributed by atoms with van der Waals surface area (Å²) < 4.78 is 12.9. The molecular formula is C17H15ClFN5O. The molecule has 3 aromatic rings. The number of nitrogens with one attached hydrogen (secondary N) is 1. The van der Waals surface area contributed by atoms with Crippen molar-refractivity contribution in [1.82, 2.24) is 25.5 Å². The molecule has 25 heavy (non-hydrogen) atoms. The number of carbonyl (C=O) groups is 1. The minimum atomic E-state index is -0.343. The summed E-state index contributed by atoms with van der Waals surface area (Å²) in [6.45, 7) is 1.76. The fourth-order valence-electron chi connectivity index (χ4n) is 2.34. The highest BCUT2D eigenvalue weighted by Crippen LogP contribution is 2.22. The van der Waals surface area contributed by atoms with Crippen LogP contribution < -0.4 is 5.32 Å². The summed E-state index contributed by atoms with van der Waals surface area (Å²) in [7, 11) is 0. The van der Waals surface area contributed by atoms with Gasteiger partial charge in [0.15, 0.2) is 0 Å². The number of hydrogen-bond donors (Lipinski definition) is 1. The normalized spacial score (nSPS) is 12.0. The highest BCUT2D eigenvalue weighted by molar-refractivity contribution is 6.31. The topological polar surface area (TPSA) is 72.7 Å². The van der Waals surface area contributed by atoms with Gasteiger partial charge in [0.1, 0.15) is 12.4 Å². The number of hydrogen-bond acceptors (Lipinski definition) is 4. The van der Waals surface area contributed by atoms with Crippen LogP contribution >= 0.6 is 11.6 Å². The van der Waals surface area contributed by atoms with Crippen molar-refractivity contribution in [1.29, 1.82) is 0 Å². The average Bonchev–Trinajstić information content (AvgIpc) is 3.04. The average molecular weight is 360 g/mol. The van der Waals surface area contributed by atoms with Gasteiger partial charge in [0.2, 0.25) is 11.7 Å². The monoisotopic (exact) mass is 359 g/mol. The van der Waals surface area contributed by atoms with Gasteiger partial charge in [-0.15, -0.1) is 10.2 Å². The van der Waals surface area contributed by atoms with Crippen LogP contribution in [0.25, 0.3) is 11.4 Å². The molecule has 2 aromatic carbocycles. The van der Waals surface area contributed by atoms with Crippen molar-refractivity contribution in [3.63, 3.8) is 0 Å². The van der Waals surface area contributed by atoms with E-state index in [1.807, 2.05) is 25.1 Å². The van der Waals surface area contributed by atoms with Crippen LogP contribution in [0, 0.1) is 5.82 Å². The van der Waals surface area contributed by atoms with Gasteiger partial charge in [-0.3, -0.25) is 4.79 Å². The quantitative estimate of drug-likeness (QED) is 0.760. The van der Waals surface area contributed by atoms with E-state index in [2.05, 4.69) is 20.7 Å². The molecule has 1 atom stereocenters. The van der Waals surface area contributed by atoms with Crippen molar-refractivity contribution in [3.8, 4) is 11.4 Å². The number of aromatic nitrogens is 4. The van der Waals surface area contributed by atoms with E-state index in [9.17, 15) is 9.18 Å². The van der Waals surface area contributed by atoms with Gasteiger partial charge in [-0.25, -0.2) is 4.39 Å². The van der Waals surface area contributed by atoms with Gasteiger partial charge in [-0.1, -0.05) is 29.8 Å². The van der Waals surface area contributed by atoms with E-state index >= 15 is 0 Å². The van der Waals surface area contributed by atoms with Crippen molar-refractivity contribution in [2.24, 2.45) is 0 Å². The number of nitrogens with zero attached hydrogens (tertiary/aromatic N) is 4. The Kier molecular flexibility index (Phi) is 5.04. The van der Waals surface area contributed by atoms with Gasteiger partial charge < -0.3 is 5.32 Å². The molecule has 0 aliphatic carbocycles. The molecule has 1 N–H and O–H groups in total. The zero-order valence-electron chi connectivity index (χ0n) is 13.4. The minimum Gasteiger partial charge on any atom is -0.348 e. The fraction of sp³-hybridized carbons (Fsp3) is 0.176. The smallest absolute Gasteiger partial charge is 0.244 e. The summed E-state index contributed by atoms with van der Waals surface area (Å²) in [4.78, 5) is 13.4. The van der Waals surface area contributed by atoms with Gasteiger partial charge in [-0.05, 0) is 48.0 Å². The van der Waals surface area contributed by atoms with Crippen LogP contribution in [0.3, 0.4) is 0 Å². The van der Waals surface area contributed by atoms with Gasteiger partial charge in [0.05, 0.1) is 6.04 Å². The van der Waals surface area contributed by atoms with Crippen LogP contribution in [-0.4, -0.2) is 26.1 Å². The van der Waals surface area contributed by atoms with E-state index in [0.717, 1.165) is 5.56 Å². The van der Waals surface area contributed by atoms with Crippen LogP contribution in [0.15, 0.2) is 48.5 Å². The molecule has 0 saturated carbocycles. The number of halogens is 2. The second-order valence-electron chi connectivity index (χ2n) is 5.46. The van der Waals surface area contributed by atoms with Crippen molar-refractivity contribution < 1.29 is 9.18 Å². The second-order valence-corrected chi connectivity index (χ2v) is 5.87. The molecule has 3 rings (SSSR count). The third-order valence-electron chi connectivity index (χ3n) is 3.59. The van der Waals surface area contributed by atoms with Crippen molar-refractivity contribution in [2.45, 2.75) is 19.5 Å². The zero-order valence-corrected chi connectivity index (χ0v) is 14.1. The first kappa shape index (κ1) is 17.0. The number of tetrazole rings is 1. The van der Waals surface area contributed by atoms with Crippen molar-refractivity contribution >= 4 is 17.5 Å². The van der Waals surface area contributed by atoms with Crippen LogP contribution in [0.1, 0.15) is 18.5 Å². The molecule has 0 radical (unpaired) electrons. The maximum Gasteiger partial charge on any atom is 0.244 e. The second kappa shape index (κ2) is 7.40. The van der Waals surface area contributed by atoms with E-state index in [1.165, 1.54) is 16.9 Å². The van der Waals surface area contributed by atoms with E-state index in [4.69, 9.17) is 11.6 Å². The highest BCUT2D eigenvalue weighted by atomic mass is 35.5. The molecule has 128 valence electrons. The molecule has 1 amide bonds. The Labute approximate surface area is 148 Å². The maximum atomic E-state index is 12.9. The third-order valence-corrected chi connectivity index (χ3v) is 3.93. The molecule has 6 nitrogen and oxygen atoms in total. The summed E-state index contributed by atoms with van der Waals surface area (Å²) in [5, 5.41) is 15.3. The lowest BCUT2D eigenvalue weighted by Gasteiger charge is -2.15. The number of carbonyl (C=O) groups excluding carboxylic acids is 1. The predicted molar refractivity (Wildman–Crippen MR) is 91.2 cm³/mol. The molecule has 0 spiro atoms. The molecule has 0 bridgehead atoms. The van der Waals surface area contributed by atoms with Gasteiger partial charge in [-0.2, -0.15) is 4.80 Å². The Bertz CT molecular complexity index is 881. The molecule has 0 aliphatic rings. The largest absolute Gasteiger partial charge is 0.348 e. The highest BCUT2D eigenvalue weighted by Gasteiger charge is 2.14. The maximum absolute atomic E-state index is 12.9. The van der Waals surface area contributed by atoms with Crippen molar-refractivity contribution in [3.05, 3.63) is 64.9 Å². The molecule has 1 heterocycles. The van der Waals surface area contributed by atoms with E-state index in [-0.39, 0.29) is 24.3 Å². The first-order valence-corrected chi connectivity index (χ1v) is 7.98. The van der Waals surface area contributed by atoms with Gasteiger partial charge in [0.25, 0.3) is 0 Å². The lowest BCUT2D eigenvalue weighted by Crippen LogP contribution is -2.31. The van der Waals surface area contributed by atoms with E-state index in [1.54, 1.807) is 18.2 Å². The predicted octanol–water partition coefficient (Wildman–Crippen LogP) is 3.01. The first-order chi connectivity index (χ1) is 12.0. The molecule has 1 aromatic heterocycles. The molecule has 0 fully saturated rings. The van der Waals surface area contributed by atoms with Crippen molar-refractivity contribution in [2.75, 3.05) is 0 Å². The molecule has 8 heteroatoms. The van der Waals surface area contributed by atoms with E-state index in [0.29, 0.717) is 16.4 Å². The SMILES string of the molecule is C[C@@H](NC(=O)Cn1nnc(-c2ccc(F)cc2)n1)c1ccccc1Cl. The number of benzene rings is 2. The Morgan fingerprint density at radius 2 is 1.96 bits per heavy atom. The lowest BCUT2D eigenvalue weighted by atomic mass is 10.1. The van der Waals surface area contributed by atoms with E-state index < -0.39 is 0 Å². The molecule has 0 aliphatic heterocycles. The summed E-state index contributed by atoms with van der Waals surface area (Å²) in [6.07, 6.45) is 0. The summed E-state index contributed by atoms with van der Waals surface area (Å²) in [6, 6.07) is 12.8. The zero-order chi connectivity index (χ0) is 17.8. The Morgan fingerprint density at radius 1 is 1.24 bits per heavy atom. The van der Waals surface area contributed by atoms with Crippen LogP contribution in [0.4, 0.5) is 4.39 Å². The fourth-order valence-corrected chi connectivity index (χ4v) is 2.64. The van der Waals surface area contributed by atoms with Crippen LogP contribution in [0.5, 0.6) is 0 Å². The summed E-state index contributed by atoms with van der Waals surface area (Å²) in [5.41, 5.74) is 1.45. The minimum absolute atomic E-state index is 0.0804. The lowest BCUT2D eigenvalue weighted by molar-refractivity contribution is -0.122. The Hall–Kier alpha value is -2.80. The molecule has 0 saturated heterocycles. The summed E-state index contributed by atoms with van der Waals surface area (Å²) in [5.74, 6) is -0.286. The Balaban J connectivity index is 1.64. The van der Waals surface area contributed by atoms with Gasteiger partial charge >= 0.3 is 0 Å². The van der Waals surface area contributed by atoms with Crippen LogP contribution in [-0.2, 0) is 11.3 Å².